The maximum Gasteiger partial charge on any atom is 0.234 e. The normalized spacial score (nSPS) is 16.3. The first kappa shape index (κ1) is 17.7. The number of carbonyl (C=O) groups excluding carboxylic acids is 1. The van der Waals surface area contributed by atoms with Crippen molar-refractivity contribution in [1.29, 1.82) is 0 Å². The van der Waals surface area contributed by atoms with E-state index in [1.54, 1.807) is 0 Å². The van der Waals surface area contributed by atoms with Crippen molar-refractivity contribution >= 4 is 17.3 Å². The summed E-state index contributed by atoms with van der Waals surface area (Å²) in [7, 11) is 0. The molecular formula is C22H26N2O3. The third kappa shape index (κ3) is 3.59. The predicted octanol–water partition coefficient (Wildman–Crippen LogP) is 4.32. The van der Waals surface area contributed by atoms with E-state index in [0.717, 1.165) is 30.1 Å². The number of hydrogen-bond donors (Lipinski definition) is 1. The van der Waals surface area contributed by atoms with Gasteiger partial charge in [-0.2, -0.15) is 0 Å². The highest BCUT2D eigenvalue weighted by Gasteiger charge is 2.31. The molecular weight excluding hydrogens is 340 g/mol. The van der Waals surface area contributed by atoms with Crippen LogP contribution in [0, 0.1) is 0 Å². The van der Waals surface area contributed by atoms with Crippen LogP contribution in [0.15, 0.2) is 42.5 Å². The van der Waals surface area contributed by atoms with E-state index >= 15 is 0 Å². The molecule has 5 heteroatoms. The molecule has 1 N–H and O–H groups in total. The lowest BCUT2D eigenvalue weighted by Crippen LogP contribution is -2.34. The van der Waals surface area contributed by atoms with Crippen molar-refractivity contribution in [2.24, 2.45) is 0 Å². The summed E-state index contributed by atoms with van der Waals surface area (Å²) in [5, 5.41) is 3.05. The highest BCUT2D eigenvalue weighted by molar-refractivity contribution is 5.98. The highest BCUT2D eigenvalue weighted by Crippen LogP contribution is 2.37. The summed E-state index contributed by atoms with van der Waals surface area (Å²) in [6.07, 6.45) is 3.82. The van der Waals surface area contributed by atoms with Gasteiger partial charge in [0, 0.05) is 24.5 Å². The monoisotopic (exact) mass is 366 g/mol. The Balaban J connectivity index is 1.46. The lowest BCUT2D eigenvalue weighted by atomic mass is 9.83. The van der Waals surface area contributed by atoms with Gasteiger partial charge in [0.05, 0.1) is 5.41 Å². The van der Waals surface area contributed by atoms with E-state index in [4.69, 9.17) is 9.47 Å². The van der Waals surface area contributed by atoms with Gasteiger partial charge in [-0.1, -0.05) is 6.07 Å². The molecule has 0 aliphatic carbocycles. The van der Waals surface area contributed by atoms with E-state index in [1.807, 2.05) is 44.2 Å². The smallest absolute Gasteiger partial charge is 0.234 e. The number of hydrogen-bond acceptors (Lipinski definition) is 4. The molecule has 0 radical (unpaired) electrons. The Hall–Kier alpha value is -2.69. The van der Waals surface area contributed by atoms with E-state index in [9.17, 15) is 4.79 Å². The molecule has 0 spiro atoms. The van der Waals surface area contributed by atoms with E-state index < -0.39 is 5.41 Å². The van der Waals surface area contributed by atoms with Crippen molar-refractivity contribution < 1.29 is 14.3 Å². The molecule has 2 heterocycles. The summed E-state index contributed by atoms with van der Waals surface area (Å²) in [4.78, 5) is 15.3. The molecule has 2 aliphatic heterocycles. The second-order valence-electron chi connectivity index (χ2n) is 7.74. The molecule has 4 rings (SSSR count). The number of amides is 1. The second-order valence-corrected chi connectivity index (χ2v) is 7.74. The Bertz CT molecular complexity index is 824. The van der Waals surface area contributed by atoms with Crippen molar-refractivity contribution in [2.75, 3.05) is 30.1 Å². The van der Waals surface area contributed by atoms with Gasteiger partial charge in [0.15, 0.2) is 11.5 Å². The van der Waals surface area contributed by atoms with Crippen molar-refractivity contribution in [2.45, 2.75) is 38.5 Å². The first-order valence-corrected chi connectivity index (χ1v) is 9.61. The van der Waals surface area contributed by atoms with Gasteiger partial charge in [-0.05, 0) is 75.1 Å². The molecule has 0 saturated carbocycles. The van der Waals surface area contributed by atoms with Crippen LogP contribution in [0.4, 0.5) is 11.4 Å². The zero-order valence-corrected chi connectivity index (χ0v) is 16.0. The fraction of sp³-hybridized carbons (Fsp3) is 0.409. The molecule has 2 aromatic carbocycles. The van der Waals surface area contributed by atoms with Gasteiger partial charge in [-0.25, -0.2) is 0 Å². The van der Waals surface area contributed by atoms with Crippen LogP contribution in [0.2, 0.25) is 0 Å². The van der Waals surface area contributed by atoms with Crippen LogP contribution < -0.4 is 19.7 Å². The Kier molecular flexibility index (Phi) is 4.68. The quantitative estimate of drug-likeness (QED) is 0.875. The molecule has 0 unspecified atom stereocenters. The number of nitrogens with zero attached hydrogens (tertiary/aromatic N) is 1. The summed E-state index contributed by atoms with van der Waals surface area (Å²) in [5.74, 6) is 1.37. The number of carbonyl (C=O) groups is 1. The van der Waals surface area contributed by atoms with Crippen LogP contribution in [0.3, 0.4) is 0 Å². The molecule has 2 aliphatic rings. The minimum absolute atomic E-state index is 0.0490. The highest BCUT2D eigenvalue weighted by atomic mass is 16.7. The summed E-state index contributed by atoms with van der Waals surface area (Å²) < 4.78 is 10.8. The van der Waals surface area contributed by atoms with Crippen LogP contribution in [0.25, 0.3) is 0 Å². The van der Waals surface area contributed by atoms with E-state index in [0.29, 0.717) is 5.75 Å². The van der Waals surface area contributed by atoms with Gasteiger partial charge in [-0.15, -0.1) is 0 Å². The van der Waals surface area contributed by atoms with Crippen molar-refractivity contribution in [1.82, 2.24) is 0 Å². The van der Waals surface area contributed by atoms with Gasteiger partial charge in [-0.3, -0.25) is 4.79 Å². The number of ether oxygens (including phenoxy) is 2. The molecule has 27 heavy (non-hydrogen) atoms. The van der Waals surface area contributed by atoms with Crippen molar-refractivity contribution in [3.63, 3.8) is 0 Å². The summed E-state index contributed by atoms with van der Waals surface area (Å²) in [5.41, 5.74) is 2.25. The van der Waals surface area contributed by atoms with Crippen LogP contribution in [-0.2, 0) is 10.2 Å². The van der Waals surface area contributed by atoms with Crippen LogP contribution in [-0.4, -0.2) is 25.8 Å². The van der Waals surface area contributed by atoms with Crippen molar-refractivity contribution in [3.05, 3.63) is 48.0 Å². The molecule has 0 aromatic heterocycles. The topological polar surface area (TPSA) is 50.8 Å². The summed E-state index contributed by atoms with van der Waals surface area (Å²) in [6.45, 7) is 6.30. The number of anilines is 2. The second kappa shape index (κ2) is 7.14. The average molecular weight is 366 g/mol. The summed E-state index contributed by atoms with van der Waals surface area (Å²) in [6, 6.07) is 13.8. The number of fused-ring (bicyclic) bond motifs is 1. The molecule has 5 nitrogen and oxygen atoms in total. The Morgan fingerprint density at radius 1 is 0.963 bits per heavy atom. The van der Waals surface area contributed by atoms with Gasteiger partial charge in [0.2, 0.25) is 12.7 Å². The van der Waals surface area contributed by atoms with Crippen LogP contribution >= 0.6 is 0 Å². The maximum atomic E-state index is 12.9. The Labute approximate surface area is 160 Å². The SMILES string of the molecule is CC(C)(C(=O)Nc1ccc(N2CCCCC2)cc1)c1ccc2c(c1)OCO2. The predicted molar refractivity (Wildman–Crippen MR) is 107 cm³/mol. The third-order valence-corrected chi connectivity index (χ3v) is 5.51. The number of benzene rings is 2. The molecule has 142 valence electrons. The Morgan fingerprint density at radius 2 is 1.67 bits per heavy atom. The van der Waals surface area contributed by atoms with Gasteiger partial charge < -0.3 is 19.7 Å². The van der Waals surface area contributed by atoms with E-state index in [2.05, 4.69) is 22.3 Å². The fourth-order valence-corrected chi connectivity index (χ4v) is 3.61. The zero-order valence-electron chi connectivity index (χ0n) is 16.0. The maximum absolute atomic E-state index is 12.9. The zero-order chi connectivity index (χ0) is 18.9. The largest absolute Gasteiger partial charge is 0.454 e. The molecule has 1 saturated heterocycles. The summed E-state index contributed by atoms with van der Waals surface area (Å²) >= 11 is 0. The number of nitrogens with one attached hydrogen (secondary N) is 1. The minimum atomic E-state index is -0.688. The molecule has 0 bridgehead atoms. The standard InChI is InChI=1S/C22H26N2O3/c1-22(2,16-6-11-19-20(14-16)27-15-26-19)21(25)23-17-7-9-18(10-8-17)24-12-4-3-5-13-24/h6-11,14H,3-5,12-13,15H2,1-2H3,(H,23,25). The van der Waals surface area contributed by atoms with Crippen LogP contribution in [0.1, 0.15) is 38.7 Å². The van der Waals surface area contributed by atoms with Crippen molar-refractivity contribution in [3.8, 4) is 11.5 Å². The molecule has 2 aromatic rings. The third-order valence-electron chi connectivity index (χ3n) is 5.51. The Morgan fingerprint density at radius 3 is 2.41 bits per heavy atom. The molecule has 0 atom stereocenters. The number of piperidine rings is 1. The fourth-order valence-electron chi connectivity index (χ4n) is 3.61. The first-order chi connectivity index (χ1) is 13.0. The first-order valence-electron chi connectivity index (χ1n) is 9.61. The minimum Gasteiger partial charge on any atom is -0.454 e. The lowest BCUT2D eigenvalue weighted by molar-refractivity contribution is -0.120. The van der Waals surface area contributed by atoms with E-state index in [-0.39, 0.29) is 12.7 Å². The average Bonchev–Trinajstić information content (AvgIpc) is 3.17. The van der Waals surface area contributed by atoms with Crippen LogP contribution in [0.5, 0.6) is 11.5 Å². The molecule has 1 fully saturated rings. The molecule has 1 amide bonds. The van der Waals surface area contributed by atoms with Gasteiger partial charge in [0.25, 0.3) is 0 Å². The van der Waals surface area contributed by atoms with Gasteiger partial charge in [0.1, 0.15) is 0 Å². The number of rotatable bonds is 4. The lowest BCUT2D eigenvalue weighted by Gasteiger charge is -2.29. The van der Waals surface area contributed by atoms with Gasteiger partial charge >= 0.3 is 0 Å². The van der Waals surface area contributed by atoms with E-state index in [1.165, 1.54) is 24.9 Å².